The van der Waals surface area contributed by atoms with Gasteiger partial charge in [0.15, 0.2) is 5.17 Å². The maximum absolute atomic E-state index is 12.0. The van der Waals surface area contributed by atoms with Crippen molar-refractivity contribution in [1.29, 1.82) is 0 Å². The fraction of sp³-hybridized carbons (Fsp3) is 0. The molecular formula is C16H10Cl2N2OS. The Kier molecular flexibility index (Phi) is 4.52. The van der Waals surface area contributed by atoms with E-state index in [4.69, 9.17) is 23.2 Å². The highest BCUT2D eigenvalue weighted by Gasteiger charge is 2.24. The molecule has 1 N–H and O–H groups in total. The number of hydrogen-bond acceptors (Lipinski definition) is 3. The van der Waals surface area contributed by atoms with Crippen molar-refractivity contribution in [3.05, 3.63) is 69.0 Å². The molecule has 2 aromatic carbocycles. The number of nitrogens with one attached hydrogen (secondary N) is 1. The summed E-state index contributed by atoms with van der Waals surface area (Å²) in [5.74, 6) is -0.183. The molecule has 3 rings (SSSR count). The van der Waals surface area contributed by atoms with E-state index in [1.807, 2.05) is 18.2 Å². The highest BCUT2D eigenvalue weighted by atomic mass is 35.5. The first kappa shape index (κ1) is 15.2. The molecule has 1 heterocycles. The minimum Gasteiger partial charge on any atom is -0.300 e. The molecule has 1 fully saturated rings. The number of carbonyl (C=O) groups is 1. The zero-order chi connectivity index (χ0) is 15.5. The Balaban J connectivity index is 1.84. The van der Waals surface area contributed by atoms with Crippen molar-refractivity contribution < 1.29 is 4.79 Å². The lowest BCUT2D eigenvalue weighted by Crippen LogP contribution is -2.19. The largest absolute Gasteiger partial charge is 0.300 e. The maximum Gasteiger partial charge on any atom is 0.264 e. The highest BCUT2D eigenvalue weighted by Crippen LogP contribution is 2.29. The van der Waals surface area contributed by atoms with Crippen LogP contribution < -0.4 is 5.32 Å². The number of benzene rings is 2. The predicted molar refractivity (Wildman–Crippen MR) is 93.7 cm³/mol. The molecule has 110 valence electrons. The van der Waals surface area contributed by atoms with Gasteiger partial charge in [0, 0.05) is 10.0 Å². The Hall–Kier alpha value is -1.75. The van der Waals surface area contributed by atoms with E-state index >= 15 is 0 Å². The van der Waals surface area contributed by atoms with E-state index < -0.39 is 0 Å². The lowest BCUT2D eigenvalue weighted by atomic mass is 10.2. The Morgan fingerprint density at radius 2 is 1.77 bits per heavy atom. The van der Waals surface area contributed by atoms with E-state index in [2.05, 4.69) is 10.3 Å². The number of hydrogen-bond donors (Lipinski definition) is 1. The van der Waals surface area contributed by atoms with E-state index in [-0.39, 0.29) is 5.91 Å². The van der Waals surface area contributed by atoms with Crippen LogP contribution in [-0.4, -0.2) is 11.1 Å². The van der Waals surface area contributed by atoms with Gasteiger partial charge < -0.3 is 5.32 Å². The molecule has 22 heavy (non-hydrogen) atoms. The van der Waals surface area contributed by atoms with Crippen LogP contribution in [0.3, 0.4) is 0 Å². The number of carbonyl (C=O) groups excluding carboxylic acids is 1. The molecule has 0 aliphatic carbocycles. The zero-order valence-corrected chi connectivity index (χ0v) is 13.5. The Bertz CT molecular complexity index is 785. The number of nitrogens with zero attached hydrogens (tertiary/aromatic N) is 1. The molecule has 0 saturated carbocycles. The number of amides is 1. The van der Waals surface area contributed by atoms with Gasteiger partial charge >= 0.3 is 0 Å². The van der Waals surface area contributed by atoms with E-state index in [1.54, 1.807) is 36.4 Å². The summed E-state index contributed by atoms with van der Waals surface area (Å²) in [7, 11) is 0. The van der Waals surface area contributed by atoms with Crippen LogP contribution in [0.1, 0.15) is 5.56 Å². The third-order valence-electron chi connectivity index (χ3n) is 2.90. The summed E-state index contributed by atoms with van der Waals surface area (Å²) >= 11 is 13.2. The second-order valence-corrected chi connectivity index (χ2v) is 6.35. The van der Waals surface area contributed by atoms with Gasteiger partial charge in [-0.15, -0.1) is 0 Å². The highest BCUT2D eigenvalue weighted by molar-refractivity contribution is 8.18. The monoisotopic (exact) mass is 348 g/mol. The SMILES string of the molecule is O=C1NC(=Nc2ccc(Cl)cc2)S/C1=C\c1ccccc1Cl. The lowest BCUT2D eigenvalue weighted by Gasteiger charge is -1.97. The van der Waals surface area contributed by atoms with Crippen LogP contribution in [0.25, 0.3) is 6.08 Å². The molecule has 3 nitrogen and oxygen atoms in total. The van der Waals surface area contributed by atoms with Crippen molar-refractivity contribution >= 4 is 57.8 Å². The van der Waals surface area contributed by atoms with E-state index in [1.165, 1.54) is 11.8 Å². The molecule has 1 aliphatic rings. The molecule has 1 amide bonds. The van der Waals surface area contributed by atoms with Gasteiger partial charge in [0.1, 0.15) is 0 Å². The van der Waals surface area contributed by atoms with Crippen molar-refractivity contribution in [3.63, 3.8) is 0 Å². The quantitative estimate of drug-likeness (QED) is 0.785. The molecule has 0 atom stereocenters. The summed E-state index contributed by atoms with van der Waals surface area (Å²) in [6.45, 7) is 0. The molecule has 0 aromatic heterocycles. The molecule has 0 unspecified atom stereocenters. The third kappa shape index (κ3) is 3.53. The molecule has 2 aromatic rings. The topological polar surface area (TPSA) is 41.5 Å². The van der Waals surface area contributed by atoms with Crippen molar-refractivity contribution in [1.82, 2.24) is 5.32 Å². The fourth-order valence-electron chi connectivity index (χ4n) is 1.85. The normalized spacial score (nSPS) is 18.0. The molecule has 1 saturated heterocycles. The standard InChI is InChI=1S/C16H10Cl2N2OS/c17-11-5-7-12(8-6-11)19-16-20-15(21)14(22-16)9-10-3-1-2-4-13(10)18/h1-9H,(H,19,20,21)/b14-9-. The minimum absolute atomic E-state index is 0.183. The van der Waals surface area contributed by atoms with Crippen molar-refractivity contribution in [3.8, 4) is 0 Å². The number of aliphatic imine (C=N–C) groups is 1. The van der Waals surface area contributed by atoms with Gasteiger partial charge in [0.05, 0.1) is 10.6 Å². The Morgan fingerprint density at radius 3 is 2.50 bits per heavy atom. The first-order chi connectivity index (χ1) is 10.6. The zero-order valence-electron chi connectivity index (χ0n) is 11.2. The molecule has 0 spiro atoms. The second-order valence-electron chi connectivity index (χ2n) is 4.48. The lowest BCUT2D eigenvalue weighted by molar-refractivity contribution is -0.115. The van der Waals surface area contributed by atoms with Gasteiger partial charge in [-0.2, -0.15) is 0 Å². The first-order valence-corrected chi connectivity index (χ1v) is 7.99. The fourth-order valence-corrected chi connectivity index (χ4v) is 3.00. The Morgan fingerprint density at radius 1 is 1.05 bits per heavy atom. The number of halogens is 2. The summed E-state index contributed by atoms with van der Waals surface area (Å²) in [6, 6.07) is 14.4. The number of rotatable bonds is 2. The van der Waals surface area contributed by atoms with E-state index in [0.29, 0.717) is 20.1 Å². The van der Waals surface area contributed by atoms with Crippen LogP contribution in [0.4, 0.5) is 5.69 Å². The Labute approximate surface area is 142 Å². The van der Waals surface area contributed by atoms with Gasteiger partial charge in [-0.05, 0) is 53.7 Å². The average molecular weight is 349 g/mol. The molecule has 0 bridgehead atoms. The van der Waals surface area contributed by atoms with E-state index in [0.717, 1.165) is 11.3 Å². The smallest absolute Gasteiger partial charge is 0.264 e. The maximum atomic E-state index is 12.0. The van der Waals surface area contributed by atoms with Crippen LogP contribution >= 0.6 is 35.0 Å². The molecular weight excluding hydrogens is 339 g/mol. The van der Waals surface area contributed by atoms with Crippen LogP contribution in [0.5, 0.6) is 0 Å². The van der Waals surface area contributed by atoms with Crippen molar-refractivity contribution in [2.45, 2.75) is 0 Å². The van der Waals surface area contributed by atoms with Gasteiger partial charge in [-0.1, -0.05) is 41.4 Å². The van der Waals surface area contributed by atoms with Gasteiger partial charge in [0.25, 0.3) is 5.91 Å². The van der Waals surface area contributed by atoms with Gasteiger partial charge in [-0.3, -0.25) is 4.79 Å². The minimum atomic E-state index is -0.183. The molecule has 0 radical (unpaired) electrons. The van der Waals surface area contributed by atoms with Crippen LogP contribution in [-0.2, 0) is 4.79 Å². The van der Waals surface area contributed by atoms with Crippen LogP contribution in [0.15, 0.2) is 58.4 Å². The van der Waals surface area contributed by atoms with Crippen molar-refractivity contribution in [2.24, 2.45) is 4.99 Å². The van der Waals surface area contributed by atoms with Crippen LogP contribution in [0, 0.1) is 0 Å². The number of amidine groups is 1. The second kappa shape index (κ2) is 6.57. The summed E-state index contributed by atoms with van der Waals surface area (Å²) < 4.78 is 0. The first-order valence-electron chi connectivity index (χ1n) is 6.41. The summed E-state index contributed by atoms with van der Waals surface area (Å²) in [5.41, 5.74) is 1.53. The van der Waals surface area contributed by atoms with E-state index in [9.17, 15) is 4.79 Å². The van der Waals surface area contributed by atoms with Gasteiger partial charge in [0.2, 0.25) is 0 Å². The van der Waals surface area contributed by atoms with Crippen molar-refractivity contribution in [2.75, 3.05) is 0 Å². The summed E-state index contributed by atoms with van der Waals surface area (Å²) in [6.07, 6.45) is 1.76. The number of thioether (sulfide) groups is 1. The average Bonchev–Trinajstić information content (AvgIpc) is 2.84. The summed E-state index contributed by atoms with van der Waals surface area (Å²) in [5, 5.41) is 4.52. The predicted octanol–water partition coefficient (Wildman–Crippen LogP) is 4.89. The summed E-state index contributed by atoms with van der Waals surface area (Å²) in [4.78, 5) is 16.9. The van der Waals surface area contributed by atoms with Gasteiger partial charge in [-0.25, -0.2) is 4.99 Å². The molecule has 1 aliphatic heterocycles. The van der Waals surface area contributed by atoms with Crippen LogP contribution in [0.2, 0.25) is 10.0 Å². The third-order valence-corrected chi connectivity index (χ3v) is 4.41. The molecule has 6 heteroatoms.